The van der Waals surface area contributed by atoms with Gasteiger partial charge in [0.1, 0.15) is 11.6 Å². The first-order valence-electron chi connectivity index (χ1n) is 6.30. The molecule has 1 amide bonds. The molecule has 0 heterocycles. The van der Waals surface area contributed by atoms with Gasteiger partial charge >= 0.3 is 0 Å². The second-order valence-electron chi connectivity index (χ2n) is 5.79. The largest absolute Gasteiger partial charge is 0.354 e. The normalized spacial score (nSPS) is 22.2. The summed E-state index contributed by atoms with van der Waals surface area (Å²) in [7, 11) is 0. The maximum atomic E-state index is 13.6. The molecule has 104 valence electrons. The van der Waals surface area contributed by atoms with Gasteiger partial charge in [0.15, 0.2) is 0 Å². The molecule has 2 atom stereocenters. The van der Waals surface area contributed by atoms with Crippen molar-refractivity contribution >= 4 is 5.91 Å². The van der Waals surface area contributed by atoms with Crippen LogP contribution in [0.15, 0.2) is 18.2 Å². The van der Waals surface area contributed by atoms with E-state index in [0.717, 1.165) is 0 Å². The molecule has 3 nitrogen and oxygen atoms in total. The van der Waals surface area contributed by atoms with Crippen molar-refractivity contribution in [2.24, 2.45) is 11.7 Å². The zero-order valence-electron chi connectivity index (χ0n) is 11.0. The van der Waals surface area contributed by atoms with Crippen molar-refractivity contribution in [3.8, 4) is 0 Å². The summed E-state index contributed by atoms with van der Waals surface area (Å²) in [5, 5.41) is 2.71. The van der Waals surface area contributed by atoms with Gasteiger partial charge in [0.25, 0.3) is 0 Å². The van der Waals surface area contributed by atoms with Crippen LogP contribution in [0.2, 0.25) is 0 Å². The molecule has 1 aromatic rings. The number of halogens is 2. The van der Waals surface area contributed by atoms with Crippen molar-refractivity contribution in [1.29, 1.82) is 0 Å². The summed E-state index contributed by atoms with van der Waals surface area (Å²) in [6.45, 7) is 3.94. The highest BCUT2D eigenvalue weighted by molar-refractivity contribution is 5.83. The van der Waals surface area contributed by atoms with Crippen molar-refractivity contribution in [2.45, 2.75) is 31.7 Å². The lowest BCUT2D eigenvalue weighted by Crippen LogP contribution is -2.45. The summed E-state index contributed by atoms with van der Waals surface area (Å²) in [4.78, 5) is 11.8. The SMILES string of the molecule is CC(C)(N)CNC(=O)C1CC1c1c(F)cccc1F. The third-order valence-corrected chi connectivity index (χ3v) is 3.22. The summed E-state index contributed by atoms with van der Waals surface area (Å²) < 4.78 is 27.1. The van der Waals surface area contributed by atoms with Crippen molar-refractivity contribution in [1.82, 2.24) is 5.32 Å². The first-order valence-corrected chi connectivity index (χ1v) is 6.30. The summed E-state index contributed by atoms with van der Waals surface area (Å²) in [5.74, 6) is -2.07. The highest BCUT2D eigenvalue weighted by atomic mass is 19.1. The molecule has 1 aliphatic rings. The Morgan fingerprint density at radius 3 is 2.53 bits per heavy atom. The molecule has 5 heteroatoms. The molecule has 1 fully saturated rings. The van der Waals surface area contributed by atoms with Crippen LogP contribution in [0.25, 0.3) is 0 Å². The van der Waals surface area contributed by atoms with E-state index in [1.165, 1.54) is 18.2 Å². The topological polar surface area (TPSA) is 55.1 Å². The highest BCUT2D eigenvalue weighted by Gasteiger charge is 2.46. The predicted molar refractivity (Wildman–Crippen MR) is 68.5 cm³/mol. The van der Waals surface area contributed by atoms with Gasteiger partial charge in [-0.1, -0.05) is 6.07 Å². The fourth-order valence-electron chi connectivity index (χ4n) is 2.11. The molecule has 1 saturated carbocycles. The van der Waals surface area contributed by atoms with Crippen LogP contribution in [0.3, 0.4) is 0 Å². The highest BCUT2D eigenvalue weighted by Crippen LogP contribution is 2.49. The molecule has 19 heavy (non-hydrogen) atoms. The van der Waals surface area contributed by atoms with Crippen LogP contribution >= 0.6 is 0 Å². The molecular weight excluding hydrogens is 250 g/mol. The number of amides is 1. The van der Waals surface area contributed by atoms with Crippen LogP contribution in [0.1, 0.15) is 31.7 Å². The van der Waals surface area contributed by atoms with E-state index in [-0.39, 0.29) is 23.3 Å². The quantitative estimate of drug-likeness (QED) is 0.876. The van der Waals surface area contributed by atoms with Gasteiger partial charge in [-0.25, -0.2) is 8.78 Å². The van der Waals surface area contributed by atoms with E-state index < -0.39 is 17.2 Å². The summed E-state index contributed by atoms with van der Waals surface area (Å²) in [6, 6.07) is 3.76. The molecule has 0 spiro atoms. The first-order chi connectivity index (χ1) is 8.79. The summed E-state index contributed by atoms with van der Waals surface area (Å²) in [6.07, 6.45) is 0.481. The number of rotatable bonds is 4. The van der Waals surface area contributed by atoms with Crippen molar-refractivity contribution in [3.63, 3.8) is 0 Å². The smallest absolute Gasteiger partial charge is 0.223 e. The second kappa shape index (κ2) is 4.89. The summed E-state index contributed by atoms with van der Waals surface area (Å²) in [5.41, 5.74) is 5.29. The maximum Gasteiger partial charge on any atom is 0.223 e. The first kappa shape index (κ1) is 13.9. The van der Waals surface area contributed by atoms with Crippen LogP contribution in [0.4, 0.5) is 8.78 Å². The molecule has 0 bridgehead atoms. The van der Waals surface area contributed by atoms with Gasteiger partial charge < -0.3 is 11.1 Å². The molecule has 1 aliphatic carbocycles. The molecule has 2 unspecified atom stereocenters. The molecule has 3 N–H and O–H groups in total. The minimum Gasteiger partial charge on any atom is -0.354 e. The van der Waals surface area contributed by atoms with Gasteiger partial charge in [-0.3, -0.25) is 4.79 Å². The molecular formula is C14H18F2N2O. The Balaban J connectivity index is 1.99. The van der Waals surface area contributed by atoms with E-state index in [4.69, 9.17) is 5.73 Å². The zero-order chi connectivity index (χ0) is 14.2. The van der Waals surface area contributed by atoms with Gasteiger partial charge in [0.2, 0.25) is 5.91 Å². The van der Waals surface area contributed by atoms with E-state index in [1.807, 2.05) is 0 Å². The fourth-order valence-corrected chi connectivity index (χ4v) is 2.11. The number of hydrogen-bond acceptors (Lipinski definition) is 2. The molecule has 0 aromatic heterocycles. The Bertz CT molecular complexity index is 476. The average molecular weight is 268 g/mol. The van der Waals surface area contributed by atoms with Gasteiger partial charge in [-0.2, -0.15) is 0 Å². The Morgan fingerprint density at radius 2 is 2.00 bits per heavy atom. The minimum atomic E-state index is -0.584. The van der Waals surface area contributed by atoms with Gasteiger partial charge in [0.05, 0.1) is 0 Å². The lowest BCUT2D eigenvalue weighted by molar-refractivity contribution is -0.122. The Morgan fingerprint density at radius 1 is 1.42 bits per heavy atom. The summed E-state index contributed by atoms with van der Waals surface area (Å²) >= 11 is 0. The number of nitrogens with two attached hydrogens (primary N) is 1. The minimum absolute atomic E-state index is 0.0228. The standard InChI is InChI=1S/C14H18F2N2O/c1-14(2,17)7-18-13(19)9-6-8(9)12-10(15)4-3-5-11(12)16/h3-5,8-9H,6-7,17H2,1-2H3,(H,18,19). The van der Waals surface area contributed by atoms with Crippen LogP contribution in [0.5, 0.6) is 0 Å². The Kier molecular flexibility index (Phi) is 3.58. The lowest BCUT2D eigenvalue weighted by Gasteiger charge is -2.18. The van der Waals surface area contributed by atoms with E-state index in [2.05, 4.69) is 5.32 Å². The monoisotopic (exact) mass is 268 g/mol. The van der Waals surface area contributed by atoms with E-state index in [9.17, 15) is 13.6 Å². The fraction of sp³-hybridized carbons (Fsp3) is 0.500. The number of benzene rings is 1. The van der Waals surface area contributed by atoms with Gasteiger partial charge in [-0.15, -0.1) is 0 Å². The third-order valence-electron chi connectivity index (χ3n) is 3.22. The number of carbonyl (C=O) groups is 1. The second-order valence-corrected chi connectivity index (χ2v) is 5.79. The van der Waals surface area contributed by atoms with Crippen LogP contribution in [0, 0.1) is 17.6 Å². The van der Waals surface area contributed by atoms with E-state index in [1.54, 1.807) is 13.8 Å². The molecule has 2 rings (SSSR count). The van der Waals surface area contributed by atoms with E-state index >= 15 is 0 Å². The van der Waals surface area contributed by atoms with E-state index in [0.29, 0.717) is 13.0 Å². The van der Waals surface area contributed by atoms with Crippen molar-refractivity contribution < 1.29 is 13.6 Å². The number of nitrogens with one attached hydrogen (secondary N) is 1. The average Bonchev–Trinajstić information content (AvgIpc) is 3.05. The van der Waals surface area contributed by atoms with Gasteiger partial charge in [0, 0.05) is 29.5 Å². The lowest BCUT2D eigenvalue weighted by atomic mass is 10.1. The number of hydrogen-bond donors (Lipinski definition) is 2. The van der Waals surface area contributed by atoms with Crippen molar-refractivity contribution in [2.75, 3.05) is 6.54 Å². The molecule has 0 radical (unpaired) electrons. The van der Waals surface area contributed by atoms with Crippen LogP contribution in [-0.2, 0) is 4.79 Å². The van der Waals surface area contributed by atoms with Gasteiger partial charge in [-0.05, 0) is 32.4 Å². The van der Waals surface area contributed by atoms with Crippen LogP contribution in [-0.4, -0.2) is 18.0 Å². The third kappa shape index (κ3) is 3.29. The predicted octanol–water partition coefficient (Wildman–Crippen LogP) is 1.92. The molecule has 1 aromatic carbocycles. The maximum absolute atomic E-state index is 13.6. The Labute approximate surface area is 111 Å². The molecule has 0 saturated heterocycles. The zero-order valence-corrected chi connectivity index (χ0v) is 11.0. The Hall–Kier alpha value is -1.49. The molecule has 0 aliphatic heterocycles. The van der Waals surface area contributed by atoms with Crippen LogP contribution < -0.4 is 11.1 Å². The van der Waals surface area contributed by atoms with Crippen molar-refractivity contribution in [3.05, 3.63) is 35.4 Å². The number of carbonyl (C=O) groups excluding carboxylic acids is 1.